The number of hydrogen-bond acceptors (Lipinski definition) is 2. The number of carbonyl (C=O) groups excluding carboxylic acids is 1. The number of rotatable bonds is 7. The lowest BCUT2D eigenvalue weighted by molar-refractivity contribution is -0.121. The fourth-order valence-corrected chi connectivity index (χ4v) is 2.71. The van der Waals surface area contributed by atoms with Crippen LogP contribution in [0.3, 0.4) is 0 Å². The van der Waals surface area contributed by atoms with Crippen LogP contribution in [0.5, 0.6) is 5.75 Å². The number of nitrogens with one attached hydrogen (secondary N) is 2. The van der Waals surface area contributed by atoms with Crippen LogP contribution in [0.15, 0.2) is 54.7 Å². The predicted molar refractivity (Wildman–Crippen MR) is 96.1 cm³/mol. The number of carbonyl (C=O) groups is 1. The lowest BCUT2D eigenvalue weighted by Crippen LogP contribution is -2.23. The highest BCUT2D eigenvalue weighted by molar-refractivity contribution is 5.80. The zero-order valence-corrected chi connectivity index (χ0v) is 13.8. The molecule has 0 unspecified atom stereocenters. The van der Waals surface area contributed by atoms with Gasteiger partial charge in [0.05, 0.1) is 6.61 Å². The molecule has 0 saturated heterocycles. The number of hydrogen-bond donors (Lipinski definition) is 2. The first-order valence-corrected chi connectivity index (χ1v) is 8.29. The van der Waals surface area contributed by atoms with E-state index in [2.05, 4.69) is 28.5 Å². The van der Waals surface area contributed by atoms with Crippen LogP contribution in [0, 0.1) is 0 Å². The lowest BCUT2D eigenvalue weighted by Gasteiger charge is -2.08. The molecular weight excluding hydrogens is 300 g/mol. The van der Waals surface area contributed by atoms with Gasteiger partial charge in [0.15, 0.2) is 0 Å². The molecule has 0 fully saturated rings. The second kappa shape index (κ2) is 7.68. The molecule has 0 aliphatic heterocycles. The number of aromatic amines is 1. The van der Waals surface area contributed by atoms with Gasteiger partial charge in [0.2, 0.25) is 5.91 Å². The summed E-state index contributed by atoms with van der Waals surface area (Å²) in [6.07, 6.45) is 3.15. The van der Waals surface area contributed by atoms with Gasteiger partial charge < -0.3 is 15.0 Å². The molecular formula is C20H22N2O2. The van der Waals surface area contributed by atoms with E-state index in [4.69, 9.17) is 4.74 Å². The highest BCUT2D eigenvalue weighted by Gasteiger charge is 2.04. The van der Waals surface area contributed by atoms with Gasteiger partial charge in [-0.05, 0) is 54.1 Å². The van der Waals surface area contributed by atoms with Crippen molar-refractivity contribution in [2.75, 3.05) is 6.61 Å². The van der Waals surface area contributed by atoms with Crippen molar-refractivity contribution < 1.29 is 9.53 Å². The Hall–Kier alpha value is -2.75. The molecule has 3 rings (SSSR count). The standard InChI is InChI=1S/C20H22N2O2/c1-2-24-18-5-3-4-16(12-18)14-22-20(23)9-7-15-6-8-17-10-11-21-19(17)13-15/h3-6,8,10-13,21H,2,7,9,14H2,1H3,(H,22,23). The summed E-state index contributed by atoms with van der Waals surface area (Å²) in [5.41, 5.74) is 3.32. The van der Waals surface area contributed by atoms with Gasteiger partial charge in [-0.15, -0.1) is 0 Å². The van der Waals surface area contributed by atoms with E-state index in [9.17, 15) is 4.79 Å². The van der Waals surface area contributed by atoms with Crippen LogP contribution in [0.2, 0.25) is 0 Å². The number of fused-ring (bicyclic) bond motifs is 1. The summed E-state index contributed by atoms with van der Waals surface area (Å²) in [5.74, 6) is 0.895. The highest BCUT2D eigenvalue weighted by atomic mass is 16.5. The summed E-state index contributed by atoms with van der Waals surface area (Å²) in [6, 6.07) is 16.1. The van der Waals surface area contributed by atoms with Gasteiger partial charge in [0.25, 0.3) is 0 Å². The van der Waals surface area contributed by atoms with E-state index in [1.807, 2.05) is 43.5 Å². The van der Waals surface area contributed by atoms with Crippen molar-refractivity contribution in [2.45, 2.75) is 26.3 Å². The largest absolute Gasteiger partial charge is 0.494 e. The van der Waals surface area contributed by atoms with E-state index in [0.29, 0.717) is 19.6 Å². The first kappa shape index (κ1) is 16.1. The molecule has 0 radical (unpaired) electrons. The molecule has 0 atom stereocenters. The topological polar surface area (TPSA) is 54.1 Å². The van der Waals surface area contributed by atoms with Gasteiger partial charge in [-0.25, -0.2) is 0 Å². The average molecular weight is 322 g/mol. The van der Waals surface area contributed by atoms with Gasteiger partial charge >= 0.3 is 0 Å². The average Bonchev–Trinajstić information content (AvgIpc) is 3.06. The SMILES string of the molecule is CCOc1cccc(CNC(=O)CCc2ccc3cc[nH]c3c2)c1. The van der Waals surface area contributed by atoms with Gasteiger partial charge in [-0.2, -0.15) is 0 Å². The molecule has 3 aromatic rings. The summed E-state index contributed by atoms with van der Waals surface area (Å²) in [7, 11) is 0. The predicted octanol–water partition coefficient (Wildman–Crippen LogP) is 3.82. The molecule has 124 valence electrons. The summed E-state index contributed by atoms with van der Waals surface area (Å²) < 4.78 is 5.47. The summed E-state index contributed by atoms with van der Waals surface area (Å²) >= 11 is 0. The Morgan fingerprint density at radius 2 is 2.04 bits per heavy atom. The number of aromatic nitrogens is 1. The number of aryl methyl sites for hydroxylation is 1. The molecule has 24 heavy (non-hydrogen) atoms. The summed E-state index contributed by atoms with van der Waals surface area (Å²) in [5, 5.41) is 4.16. The van der Waals surface area contributed by atoms with Crippen LogP contribution in [-0.2, 0) is 17.8 Å². The molecule has 0 bridgehead atoms. The minimum absolute atomic E-state index is 0.0587. The molecule has 4 heteroatoms. The second-order valence-corrected chi connectivity index (χ2v) is 5.76. The van der Waals surface area contributed by atoms with Crippen LogP contribution in [0.4, 0.5) is 0 Å². The monoisotopic (exact) mass is 322 g/mol. The summed E-state index contributed by atoms with van der Waals surface area (Å²) in [4.78, 5) is 15.3. The molecule has 0 aliphatic carbocycles. The van der Waals surface area contributed by atoms with Gasteiger partial charge in [0.1, 0.15) is 5.75 Å². The third-order valence-corrected chi connectivity index (χ3v) is 3.96. The van der Waals surface area contributed by atoms with Crippen molar-refractivity contribution in [3.8, 4) is 5.75 Å². The smallest absolute Gasteiger partial charge is 0.220 e. The maximum absolute atomic E-state index is 12.1. The number of amides is 1. The van der Waals surface area contributed by atoms with Gasteiger partial charge in [-0.1, -0.05) is 24.3 Å². The van der Waals surface area contributed by atoms with Crippen molar-refractivity contribution in [3.63, 3.8) is 0 Å². The Morgan fingerprint density at radius 3 is 2.92 bits per heavy atom. The van der Waals surface area contributed by atoms with Crippen molar-refractivity contribution in [1.29, 1.82) is 0 Å². The van der Waals surface area contributed by atoms with E-state index < -0.39 is 0 Å². The van der Waals surface area contributed by atoms with E-state index in [-0.39, 0.29) is 5.91 Å². The maximum atomic E-state index is 12.1. The Balaban J connectivity index is 1.49. The van der Waals surface area contributed by atoms with E-state index in [1.54, 1.807) is 0 Å². The Bertz CT molecular complexity index is 823. The zero-order chi connectivity index (χ0) is 16.8. The number of benzene rings is 2. The van der Waals surface area contributed by atoms with Crippen molar-refractivity contribution in [2.24, 2.45) is 0 Å². The third kappa shape index (κ3) is 4.16. The molecule has 2 N–H and O–H groups in total. The van der Waals surface area contributed by atoms with Crippen molar-refractivity contribution in [3.05, 3.63) is 65.9 Å². The fourth-order valence-electron chi connectivity index (χ4n) is 2.71. The van der Waals surface area contributed by atoms with Crippen LogP contribution < -0.4 is 10.1 Å². The van der Waals surface area contributed by atoms with Crippen LogP contribution >= 0.6 is 0 Å². The Morgan fingerprint density at radius 1 is 1.12 bits per heavy atom. The molecule has 0 saturated carbocycles. The Labute approximate surface area is 141 Å². The number of ether oxygens (including phenoxy) is 1. The lowest BCUT2D eigenvalue weighted by atomic mass is 10.1. The fraction of sp³-hybridized carbons (Fsp3) is 0.250. The molecule has 0 spiro atoms. The molecule has 1 heterocycles. The van der Waals surface area contributed by atoms with Crippen molar-refractivity contribution >= 4 is 16.8 Å². The van der Waals surface area contributed by atoms with Crippen LogP contribution in [0.1, 0.15) is 24.5 Å². The van der Waals surface area contributed by atoms with E-state index in [1.165, 1.54) is 10.9 Å². The molecule has 2 aromatic carbocycles. The first-order chi connectivity index (χ1) is 11.7. The van der Waals surface area contributed by atoms with Crippen molar-refractivity contribution in [1.82, 2.24) is 10.3 Å². The second-order valence-electron chi connectivity index (χ2n) is 5.76. The van der Waals surface area contributed by atoms with E-state index >= 15 is 0 Å². The molecule has 1 aromatic heterocycles. The third-order valence-electron chi connectivity index (χ3n) is 3.96. The van der Waals surface area contributed by atoms with Crippen LogP contribution in [0.25, 0.3) is 10.9 Å². The molecule has 4 nitrogen and oxygen atoms in total. The van der Waals surface area contributed by atoms with Gasteiger partial charge in [-0.3, -0.25) is 4.79 Å². The minimum Gasteiger partial charge on any atom is -0.494 e. The molecule has 1 amide bonds. The highest BCUT2D eigenvalue weighted by Crippen LogP contribution is 2.15. The normalized spacial score (nSPS) is 10.7. The first-order valence-electron chi connectivity index (χ1n) is 8.29. The zero-order valence-electron chi connectivity index (χ0n) is 13.8. The maximum Gasteiger partial charge on any atom is 0.220 e. The Kier molecular flexibility index (Phi) is 5.16. The number of H-pyrrole nitrogens is 1. The quantitative estimate of drug-likeness (QED) is 0.695. The van der Waals surface area contributed by atoms with Crippen LogP contribution in [-0.4, -0.2) is 17.5 Å². The summed E-state index contributed by atoms with van der Waals surface area (Å²) in [6.45, 7) is 3.12. The molecule has 0 aliphatic rings. The van der Waals surface area contributed by atoms with E-state index in [0.717, 1.165) is 23.3 Å². The van der Waals surface area contributed by atoms with Gasteiger partial charge in [0, 0.05) is 24.7 Å². The minimum atomic E-state index is 0.0587.